The highest BCUT2D eigenvalue weighted by Crippen LogP contribution is 2.22. The van der Waals surface area contributed by atoms with Crippen LogP contribution in [0.5, 0.6) is 0 Å². The second-order valence-corrected chi connectivity index (χ2v) is 6.62. The Morgan fingerprint density at radius 1 is 1.26 bits per heavy atom. The lowest BCUT2D eigenvalue weighted by Gasteiger charge is -2.22. The van der Waals surface area contributed by atoms with Crippen molar-refractivity contribution in [2.45, 2.75) is 38.5 Å². The summed E-state index contributed by atoms with van der Waals surface area (Å²) in [4.78, 5) is 48.3. The van der Waals surface area contributed by atoms with E-state index >= 15 is 0 Å². The number of imidazole rings is 1. The lowest BCUT2D eigenvalue weighted by atomic mass is 9.81. The number of ketones is 2. The Bertz CT molecular complexity index is 851. The summed E-state index contributed by atoms with van der Waals surface area (Å²) in [6.45, 7) is 0.462. The monoisotopic (exact) mass is 369 g/mol. The van der Waals surface area contributed by atoms with E-state index in [-0.39, 0.29) is 24.4 Å². The van der Waals surface area contributed by atoms with Gasteiger partial charge in [0.2, 0.25) is 0 Å². The van der Waals surface area contributed by atoms with Crippen LogP contribution in [0.15, 0.2) is 29.3 Å². The fraction of sp³-hybridized carbons (Fsp3) is 0.450. The van der Waals surface area contributed by atoms with E-state index in [1.54, 1.807) is 0 Å². The lowest BCUT2D eigenvalue weighted by Crippen LogP contribution is -2.36. The predicted octanol–water partition coefficient (Wildman–Crippen LogP) is 2.44. The maximum atomic E-state index is 12.5. The predicted molar refractivity (Wildman–Crippen MR) is 101 cm³/mol. The van der Waals surface area contributed by atoms with Crippen LogP contribution in [0.1, 0.15) is 37.9 Å². The van der Waals surface area contributed by atoms with E-state index in [1.807, 2.05) is 24.3 Å². The van der Waals surface area contributed by atoms with Crippen LogP contribution in [0, 0.1) is 5.92 Å². The Morgan fingerprint density at radius 2 is 2.07 bits per heavy atom. The van der Waals surface area contributed by atoms with E-state index in [4.69, 9.17) is 0 Å². The maximum Gasteiger partial charge on any atom is 0.305 e. The van der Waals surface area contributed by atoms with Gasteiger partial charge in [0.1, 0.15) is 23.3 Å². The smallest absolute Gasteiger partial charge is 0.305 e. The number of rotatable bonds is 7. The number of aromatic nitrogens is 2. The minimum atomic E-state index is -0.806. The van der Waals surface area contributed by atoms with Gasteiger partial charge in [-0.3, -0.25) is 19.4 Å². The number of aliphatic imine (C=N–C) groups is 1. The van der Waals surface area contributed by atoms with Crippen molar-refractivity contribution in [3.8, 4) is 0 Å². The van der Waals surface area contributed by atoms with Gasteiger partial charge in [-0.15, -0.1) is 0 Å². The summed E-state index contributed by atoms with van der Waals surface area (Å²) in [5, 5.41) is 0. The minimum absolute atomic E-state index is 0.00563. The Balaban J connectivity index is 1.65. The number of hydrogen-bond acceptors (Lipinski definition) is 6. The highest BCUT2D eigenvalue weighted by atomic mass is 16.5. The zero-order chi connectivity index (χ0) is 19.2. The van der Waals surface area contributed by atoms with Crippen molar-refractivity contribution >= 4 is 34.3 Å². The lowest BCUT2D eigenvalue weighted by molar-refractivity contribution is -0.142. The summed E-state index contributed by atoms with van der Waals surface area (Å²) < 4.78 is 4.56. The number of ether oxygens (including phenoxy) is 1. The Morgan fingerprint density at radius 3 is 2.85 bits per heavy atom. The van der Waals surface area contributed by atoms with Crippen LogP contribution in [0.2, 0.25) is 0 Å². The highest BCUT2D eigenvalue weighted by Gasteiger charge is 2.33. The molecule has 0 saturated heterocycles. The molecule has 0 bridgehead atoms. The molecule has 1 N–H and O–H groups in total. The topological polar surface area (TPSA) is 101 Å². The average Bonchev–Trinajstić information content (AvgIpc) is 3.08. The van der Waals surface area contributed by atoms with Gasteiger partial charge < -0.3 is 9.72 Å². The number of methoxy groups -OCH3 is 1. The summed E-state index contributed by atoms with van der Waals surface area (Å²) in [5.41, 5.74) is 2.52. The molecule has 1 aliphatic rings. The first kappa shape index (κ1) is 18.9. The molecule has 7 nitrogen and oxygen atoms in total. The number of nitrogens with one attached hydrogen (secondary N) is 1. The Kier molecular flexibility index (Phi) is 6.11. The molecular weight excluding hydrogens is 346 g/mol. The Labute approximate surface area is 157 Å². The van der Waals surface area contributed by atoms with Gasteiger partial charge in [-0.1, -0.05) is 12.1 Å². The molecule has 0 radical (unpaired) electrons. The first-order valence-corrected chi connectivity index (χ1v) is 9.17. The number of Topliss-reactive ketones (excluding diaryl/α,β-unsaturated/α-hetero) is 2. The number of esters is 1. The molecular formula is C20H23N3O4. The van der Waals surface area contributed by atoms with Crippen molar-refractivity contribution in [2.75, 3.05) is 13.7 Å². The molecule has 1 saturated carbocycles. The molecule has 1 aromatic carbocycles. The number of nitrogens with zero attached hydrogens (tertiary/aromatic N) is 2. The van der Waals surface area contributed by atoms with Gasteiger partial charge in [-0.2, -0.15) is 0 Å². The normalized spacial score (nSPS) is 18.8. The van der Waals surface area contributed by atoms with Gasteiger partial charge >= 0.3 is 5.97 Å². The van der Waals surface area contributed by atoms with Crippen LogP contribution in [0.3, 0.4) is 0 Å². The number of carbonyl (C=O) groups is 3. The summed E-state index contributed by atoms with van der Waals surface area (Å²) >= 11 is 0. The molecule has 0 unspecified atom stereocenters. The molecule has 3 rings (SSSR count). The summed E-state index contributed by atoms with van der Waals surface area (Å²) in [6.07, 6.45) is 2.34. The second kappa shape index (κ2) is 8.70. The quantitative estimate of drug-likeness (QED) is 0.597. The summed E-state index contributed by atoms with van der Waals surface area (Å²) in [5.74, 6) is -0.767. The van der Waals surface area contributed by atoms with Crippen LogP contribution in [-0.4, -0.2) is 46.9 Å². The first-order chi connectivity index (χ1) is 13.1. The van der Waals surface area contributed by atoms with Crippen LogP contribution in [0.4, 0.5) is 0 Å². The third-order valence-corrected chi connectivity index (χ3v) is 4.74. The van der Waals surface area contributed by atoms with Gasteiger partial charge in [0, 0.05) is 31.5 Å². The van der Waals surface area contributed by atoms with Gasteiger partial charge in [-0.25, -0.2) is 4.98 Å². The summed E-state index contributed by atoms with van der Waals surface area (Å²) in [7, 11) is 1.28. The molecule has 1 heterocycles. The van der Waals surface area contributed by atoms with Crippen molar-refractivity contribution in [1.29, 1.82) is 0 Å². The number of fused-ring (bicyclic) bond motifs is 1. The number of benzene rings is 1. The number of carbonyl (C=O) groups excluding carboxylic acids is 3. The largest absolute Gasteiger partial charge is 0.469 e. The van der Waals surface area contributed by atoms with Crippen LogP contribution >= 0.6 is 0 Å². The van der Waals surface area contributed by atoms with E-state index in [1.165, 1.54) is 7.11 Å². The molecule has 1 atom stereocenters. The molecule has 0 amide bonds. The van der Waals surface area contributed by atoms with E-state index in [0.717, 1.165) is 16.9 Å². The third-order valence-electron chi connectivity index (χ3n) is 4.74. The number of para-hydroxylation sites is 2. The van der Waals surface area contributed by atoms with Gasteiger partial charge in [0.05, 0.1) is 24.6 Å². The SMILES string of the molecule is COC(=O)CCC(=O)[C@@H]1C(=O)CCCC1=NCCc1nc2ccccc2[nH]1. The third kappa shape index (κ3) is 4.67. The first-order valence-electron chi connectivity index (χ1n) is 9.17. The van der Waals surface area contributed by atoms with Crippen LogP contribution < -0.4 is 0 Å². The van der Waals surface area contributed by atoms with E-state index < -0.39 is 11.9 Å². The van der Waals surface area contributed by atoms with Crippen molar-refractivity contribution in [1.82, 2.24) is 9.97 Å². The van der Waals surface area contributed by atoms with Crippen LogP contribution in [0.25, 0.3) is 11.0 Å². The molecule has 27 heavy (non-hydrogen) atoms. The van der Waals surface area contributed by atoms with E-state index in [0.29, 0.717) is 37.9 Å². The van der Waals surface area contributed by atoms with Crippen LogP contribution in [-0.2, 0) is 25.5 Å². The van der Waals surface area contributed by atoms with E-state index in [9.17, 15) is 14.4 Å². The fourth-order valence-electron chi connectivity index (χ4n) is 3.36. The Hall–Kier alpha value is -2.83. The highest BCUT2D eigenvalue weighted by molar-refractivity contribution is 6.22. The molecule has 142 valence electrons. The standard InChI is InChI=1S/C20H23N3O4/c1-27-19(26)10-9-17(25)20-15(7-4-8-16(20)24)21-12-11-18-22-13-5-2-3-6-14(13)23-18/h2-3,5-6,20H,4,7-12H2,1H3,(H,22,23)/t20-/m0/s1. The summed E-state index contributed by atoms with van der Waals surface area (Å²) in [6, 6.07) is 7.79. The maximum absolute atomic E-state index is 12.5. The van der Waals surface area contributed by atoms with E-state index in [2.05, 4.69) is 19.7 Å². The molecule has 0 aliphatic heterocycles. The number of aromatic amines is 1. The minimum Gasteiger partial charge on any atom is -0.469 e. The van der Waals surface area contributed by atoms with Gasteiger partial charge in [0.25, 0.3) is 0 Å². The van der Waals surface area contributed by atoms with Gasteiger partial charge in [-0.05, 0) is 25.0 Å². The van der Waals surface area contributed by atoms with Crippen molar-refractivity contribution < 1.29 is 19.1 Å². The molecule has 1 aromatic heterocycles. The molecule has 1 aliphatic carbocycles. The van der Waals surface area contributed by atoms with Gasteiger partial charge in [0.15, 0.2) is 0 Å². The van der Waals surface area contributed by atoms with Crippen molar-refractivity contribution in [2.24, 2.45) is 10.9 Å². The zero-order valence-electron chi connectivity index (χ0n) is 15.4. The molecule has 0 spiro atoms. The molecule has 2 aromatic rings. The number of hydrogen-bond donors (Lipinski definition) is 1. The molecule has 7 heteroatoms. The zero-order valence-corrected chi connectivity index (χ0v) is 15.4. The molecule has 1 fully saturated rings. The second-order valence-electron chi connectivity index (χ2n) is 6.62. The van der Waals surface area contributed by atoms with Crippen molar-refractivity contribution in [3.05, 3.63) is 30.1 Å². The number of H-pyrrole nitrogens is 1. The fourth-order valence-corrected chi connectivity index (χ4v) is 3.36. The van der Waals surface area contributed by atoms with Crippen molar-refractivity contribution in [3.63, 3.8) is 0 Å². The average molecular weight is 369 g/mol.